The van der Waals surface area contributed by atoms with E-state index in [1.807, 2.05) is 48.5 Å². The molecule has 2 N–H and O–H groups in total. The van der Waals surface area contributed by atoms with Crippen LogP contribution in [0.3, 0.4) is 0 Å². The van der Waals surface area contributed by atoms with Gasteiger partial charge in [-0.05, 0) is 37.6 Å². The lowest BCUT2D eigenvalue weighted by molar-refractivity contribution is -0.139. The molecule has 1 atom stereocenters. The van der Waals surface area contributed by atoms with E-state index in [2.05, 4.69) is 26.6 Å². The van der Waals surface area contributed by atoms with Gasteiger partial charge in [0.05, 0.1) is 18.2 Å². The van der Waals surface area contributed by atoms with Crippen molar-refractivity contribution in [2.24, 2.45) is 0 Å². The first kappa shape index (κ1) is 19.9. The van der Waals surface area contributed by atoms with Crippen molar-refractivity contribution in [3.8, 4) is 5.75 Å². The van der Waals surface area contributed by atoms with E-state index in [4.69, 9.17) is 9.47 Å². The van der Waals surface area contributed by atoms with Gasteiger partial charge in [-0.2, -0.15) is 0 Å². The Morgan fingerprint density at radius 1 is 1.14 bits per heavy atom. The Labute approximate surface area is 172 Å². The number of halogens is 1. The minimum atomic E-state index is -0.658. The average molecular weight is 445 g/mol. The van der Waals surface area contributed by atoms with E-state index in [0.717, 1.165) is 10.0 Å². The second-order valence-electron chi connectivity index (χ2n) is 6.24. The first-order valence-electron chi connectivity index (χ1n) is 8.91. The number of hydrogen-bond acceptors (Lipinski definition) is 4. The highest BCUT2D eigenvalue weighted by atomic mass is 79.9. The van der Waals surface area contributed by atoms with E-state index in [1.54, 1.807) is 13.8 Å². The minimum absolute atomic E-state index is 0.248. The molecule has 6 nitrogen and oxygen atoms in total. The van der Waals surface area contributed by atoms with E-state index < -0.39 is 12.0 Å². The monoisotopic (exact) mass is 444 g/mol. The summed E-state index contributed by atoms with van der Waals surface area (Å²) in [4.78, 5) is 24.6. The van der Waals surface area contributed by atoms with Gasteiger partial charge >= 0.3 is 12.0 Å². The highest BCUT2D eigenvalue weighted by Gasteiger charge is 2.33. The largest absolute Gasteiger partial charge is 0.489 e. The van der Waals surface area contributed by atoms with Crippen molar-refractivity contribution in [2.45, 2.75) is 26.5 Å². The molecule has 1 unspecified atom stereocenters. The standard InChI is InChI=1S/C21H21BrN2O4/c1-3-27-20(25)18-13(2)23-21(26)24-19(18)16-6-4-5-7-17(16)28-12-14-8-10-15(22)11-9-14/h4-11,19H,3,12H2,1-2H3,(H2,23,24,26). The van der Waals surface area contributed by atoms with Crippen LogP contribution in [-0.2, 0) is 16.1 Å². The number of urea groups is 1. The zero-order valence-corrected chi connectivity index (χ0v) is 17.2. The van der Waals surface area contributed by atoms with Gasteiger partial charge in [0.1, 0.15) is 12.4 Å². The van der Waals surface area contributed by atoms with Crippen molar-refractivity contribution in [3.63, 3.8) is 0 Å². The number of carbonyl (C=O) groups excluding carboxylic acids is 2. The number of allylic oxidation sites excluding steroid dienone is 1. The Balaban J connectivity index is 1.91. The van der Waals surface area contributed by atoms with Crippen molar-refractivity contribution < 1.29 is 19.1 Å². The van der Waals surface area contributed by atoms with Crippen molar-refractivity contribution in [1.29, 1.82) is 0 Å². The summed E-state index contributed by atoms with van der Waals surface area (Å²) in [5, 5.41) is 5.44. The summed E-state index contributed by atoms with van der Waals surface area (Å²) < 4.78 is 12.2. The van der Waals surface area contributed by atoms with Crippen LogP contribution in [-0.4, -0.2) is 18.6 Å². The lowest BCUT2D eigenvalue weighted by atomic mass is 9.95. The topological polar surface area (TPSA) is 76.7 Å². The van der Waals surface area contributed by atoms with Crippen LogP contribution in [0.25, 0.3) is 0 Å². The molecule has 1 aliphatic rings. The van der Waals surface area contributed by atoms with Crippen LogP contribution in [0.2, 0.25) is 0 Å². The third-order valence-electron chi connectivity index (χ3n) is 4.30. The highest BCUT2D eigenvalue weighted by molar-refractivity contribution is 9.10. The summed E-state index contributed by atoms with van der Waals surface area (Å²) in [7, 11) is 0. The molecule has 2 amide bonds. The van der Waals surface area contributed by atoms with Gasteiger partial charge in [-0.3, -0.25) is 0 Å². The molecule has 28 heavy (non-hydrogen) atoms. The molecule has 1 heterocycles. The Morgan fingerprint density at radius 3 is 2.57 bits per heavy atom. The Morgan fingerprint density at radius 2 is 1.86 bits per heavy atom. The lowest BCUT2D eigenvalue weighted by Gasteiger charge is -2.29. The van der Waals surface area contributed by atoms with Crippen molar-refractivity contribution in [2.75, 3.05) is 6.61 Å². The van der Waals surface area contributed by atoms with Gasteiger partial charge in [0.15, 0.2) is 0 Å². The SMILES string of the molecule is CCOC(=O)C1=C(C)NC(=O)NC1c1ccccc1OCc1ccc(Br)cc1. The molecule has 0 fully saturated rings. The number of ether oxygens (including phenoxy) is 2. The summed E-state index contributed by atoms with van der Waals surface area (Å²) in [6.45, 7) is 4.04. The molecule has 0 spiro atoms. The van der Waals surface area contributed by atoms with E-state index >= 15 is 0 Å². The molecule has 3 rings (SSSR count). The predicted molar refractivity (Wildman–Crippen MR) is 109 cm³/mol. The Hall–Kier alpha value is -2.80. The molecule has 0 aliphatic carbocycles. The zero-order valence-electron chi connectivity index (χ0n) is 15.6. The summed E-state index contributed by atoms with van der Waals surface area (Å²) in [5.41, 5.74) is 2.53. The number of benzene rings is 2. The maximum atomic E-state index is 12.5. The fourth-order valence-corrected chi connectivity index (χ4v) is 3.26. The summed E-state index contributed by atoms with van der Waals surface area (Å²) in [5.74, 6) is 0.118. The van der Waals surface area contributed by atoms with Crippen LogP contribution in [0.5, 0.6) is 5.75 Å². The van der Waals surface area contributed by atoms with Gasteiger partial charge in [0, 0.05) is 15.7 Å². The molecule has 0 aromatic heterocycles. The smallest absolute Gasteiger partial charge is 0.338 e. The summed E-state index contributed by atoms with van der Waals surface area (Å²) in [6, 6.07) is 14.1. The molecule has 2 aromatic rings. The fraction of sp³-hybridized carbons (Fsp3) is 0.238. The maximum Gasteiger partial charge on any atom is 0.338 e. The third-order valence-corrected chi connectivity index (χ3v) is 4.83. The van der Waals surface area contributed by atoms with Crippen LogP contribution < -0.4 is 15.4 Å². The van der Waals surface area contributed by atoms with Crippen molar-refractivity contribution >= 4 is 27.9 Å². The maximum absolute atomic E-state index is 12.5. The molecule has 0 radical (unpaired) electrons. The van der Waals surface area contributed by atoms with Gasteiger partial charge in [0.2, 0.25) is 0 Å². The molecule has 146 valence electrons. The zero-order chi connectivity index (χ0) is 20.1. The highest BCUT2D eigenvalue weighted by Crippen LogP contribution is 2.34. The quantitative estimate of drug-likeness (QED) is 0.653. The molecule has 0 bridgehead atoms. The van der Waals surface area contributed by atoms with E-state index in [-0.39, 0.29) is 12.6 Å². The number of carbonyl (C=O) groups is 2. The number of esters is 1. The minimum Gasteiger partial charge on any atom is -0.489 e. The molecular weight excluding hydrogens is 424 g/mol. The number of hydrogen-bond donors (Lipinski definition) is 2. The van der Waals surface area contributed by atoms with Crippen LogP contribution in [0, 0.1) is 0 Å². The molecule has 7 heteroatoms. The van der Waals surface area contributed by atoms with Gasteiger partial charge in [0.25, 0.3) is 0 Å². The van der Waals surface area contributed by atoms with Crippen LogP contribution >= 0.6 is 15.9 Å². The number of rotatable bonds is 6. The molecule has 2 aromatic carbocycles. The predicted octanol–water partition coefficient (Wildman–Crippen LogP) is 4.22. The molecule has 0 saturated carbocycles. The van der Waals surface area contributed by atoms with Crippen molar-refractivity contribution in [1.82, 2.24) is 10.6 Å². The van der Waals surface area contributed by atoms with Crippen LogP contribution in [0.15, 0.2) is 64.3 Å². The second kappa shape index (κ2) is 8.93. The summed E-state index contributed by atoms with van der Waals surface area (Å²) in [6.07, 6.45) is 0. The van der Waals surface area contributed by atoms with E-state index in [9.17, 15) is 9.59 Å². The number of para-hydroxylation sites is 1. The second-order valence-corrected chi connectivity index (χ2v) is 7.16. The van der Waals surface area contributed by atoms with Gasteiger partial charge in [-0.15, -0.1) is 0 Å². The fourth-order valence-electron chi connectivity index (χ4n) is 3.00. The van der Waals surface area contributed by atoms with Gasteiger partial charge in [-0.25, -0.2) is 9.59 Å². The molecule has 0 saturated heterocycles. The van der Waals surface area contributed by atoms with Gasteiger partial charge in [-0.1, -0.05) is 46.3 Å². The first-order valence-corrected chi connectivity index (χ1v) is 9.70. The number of amides is 2. The first-order chi connectivity index (χ1) is 13.5. The van der Waals surface area contributed by atoms with Gasteiger partial charge < -0.3 is 20.1 Å². The molecule has 1 aliphatic heterocycles. The van der Waals surface area contributed by atoms with E-state index in [1.165, 1.54) is 0 Å². The number of nitrogens with one attached hydrogen (secondary N) is 2. The molecular formula is C21H21BrN2O4. The van der Waals surface area contributed by atoms with Crippen LogP contribution in [0.1, 0.15) is 31.0 Å². The Bertz CT molecular complexity index is 909. The average Bonchev–Trinajstić information content (AvgIpc) is 2.67. The van der Waals surface area contributed by atoms with E-state index in [0.29, 0.717) is 29.2 Å². The third kappa shape index (κ3) is 4.54. The normalized spacial score (nSPS) is 16.2. The lowest BCUT2D eigenvalue weighted by Crippen LogP contribution is -2.45. The van der Waals surface area contributed by atoms with Crippen molar-refractivity contribution in [3.05, 3.63) is 75.4 Å². The van der Waals surface area contributed by atoms with Crippen LogP contribution in [0.4, 0.5) is 4.79 Å². The Kier molecular flexibility index (Phi) is 6.36. The summed E-state index contributed by atoms with van der Waals surface area (Å²) >= 11 is 3.41.